The lowest BCUT2D eigenvalue weighted by molar-refractivity contribution is 0.187. The number of methoxy groups -OCH3 is 1. The number of nitrogens with one attached hydrogen (secondary N) is 1. The molecule has 0 unspecified atom stereocenters. The number of fused-ring (bicyclic) bond motifs is 1. The lowest BCUT2D eigenvalue weighted by Crippen LogP contribution is -2.26. The molecule has 4 heteroatoms. The molecule has 0 atom stereocenters. The van der Waals surface area contributed by atoms with E-state index < -0.39 is 0 Å². The molecular weight excluding hydrogens is 238 g/mol. The molecule has 1 N–H and O–H groups in total. The predicted molar refractivity (Wildman–Crippen MR) is 78.5 cm³/mol. The summed E-state index contributed by atoms with van der Waals surface area (Å²) in [7, 11) is 1.74. The molecule has 0 saturated carbocycles. The summed E-state index contributed by atoms with van der Waals surface area (Å²) in [6, 6.07) is 8.79. The zero-order valence-electron chi connectivity index (χ0n) is 12.0. The third-order valence-corrected chi connectivity index (χ3v) is 3.15. The number of benzene rings is 1. The number of hydrogen-bond donors (Lipinski definition) is 1. The zero-order chi connectivity index (χ0) is 13.7. The molecule has 2 aromatic rings. The van der Waals surface area contributed by atoms with Gasteiger partial charge in [0.05, 0.1) is 17.6 Å². The maximum absolute atomic E-state index is 5.20. The van der Waals surface area contributed by atoms with Crippen LogP contribution in [0.2, 0.25) is 0 Å². The molecule has 1 aromatic carbocycles. The highest BCUT2D eigenvalue weighted by Gasteiger charge is 2.09. The molecule has 0 fully saturated rings. The first-order valence-corrected chi connectivity index (χ1v) is 6.89. The Kier molecular flexibility index (Phi) is 4.93. The molecule has 0 amide bonds. The van der Waals surface area contributed by atoms with E-state index in [1.807, 2.05) is 6.07 Å². The van der Waals surface area contributed by atoms with Gasteiger partial charge in [-0.2, -0.15) is 0 Å². The van der Waals surface area contributed by atoms with E-state index >= 15 is 0 Å². The van der Waals surface area contributed by atoms with Crippen molar-refractivity contribution in [3.8, 4) is 0 Å². The summed E-state index contributed by atoms with van der Waals surface area (Å²) in [6.45, 7) is 6.84. The number of aromatic nitrogens is 2. The molecule has 19 heavy (non-hydrogen) atoms. The molecule has 0 aliphatic rings. The van der Waals surface area contributed by atoms with Crippen molar-refractivity contribution >= 4 is 11.0 Å². The first-order chi connectivity index (χ1) is 9.22. The van der Waals surface area contributed by atoms with Gasteiger partial charge in [0.15, 0.2) is 0 Å². The van der Waals surface area contributed by atoms with E-state index in [2.05, 4.69) is 41.9 Å². The molecule has 1 heterocycles. The minimum absolute atomic E-state index is 0.511. The summed E-state index contributed by atoms with van der Waals surface area (Å²) in [4.78, 5) is 4.73. The highest BCUT2D eigenvalue weighted by molar-refractivity contribution is 5.75. The van der Waals surface area contributed by atoms with E-state index in [1.54, 1.807) is 7.11 Å². The Hall–Kier alpha value is -1.39. The summed E-state index contributed by atoms with van der Waals surface area (Å²) in [5.41, 5.74) is 2.26. The van der Waals surface area contributed by atoms with Gasteiger partial charge >= 0.3 is 0 Å². The van der Waals surface area contributed by atoms with E-state index in [0.717, 1.165) is 30.9 Å². The second-order valence-corrected chi connectivity index (χ2v) is 5.02. The lowest BCUT2D eigenvalue weighted by atomic mass is 10.3. The van der Waals surface area contributed by atoms with Gasteiger partial charge in [-0.1, -0.05) is 26.0 Å². The maximum atomic E-state index is 5.20. The van der Waals surface area contributed by atoms with E-state index in [9.17, 15) is 0 Å². The first-order valence-electron chi connectivity index (χ1n) is 6.89. The lowest BCUT2D eigenvalue weighted by Gasteiger charge is -2.10. The number of imidazole rings is 1. The van der Waals surface area contributed by atoms with Crippen LogP contribution in [-0.2, 0) is 17.7 Å². The quantitative estimate of drug-likeness (QED) is 0.830. The van der Waals surface area contributed by atoms with Crippen molar-refractivity contribution in [1.29, 1.82) is 0 Å². The van der Waals surface area contributed by atoms with Gasteiger partial charge < -0.3 is 14.6 Å². The van der Waals surface area contributed by atoms with Crippen LogP contribution in [0.25, 0.3) is 11.0 Å². The minimum Gasteiger partial charge on any atom is -0.383 e. The van der Waals surface area contributed by atoms with Gasteiger partial charge in [-0.3, -0.25) is 0 Å². The number of para-hydroxylation sites is 2. The Morgan fingerprint density at radius 3 is 2.84 bits per heavy atom. The van der Waals surface area contributed by atoms with E-state index in [1.165, 1.54) is 5.52 Å². The van der Waals surface area contributed by atoms with Gasteiger partial charge in [0, 0.05) is 32.7 Å². The summed E-state index contributed by atoms with van der Waals surface area (Å²) in [5.74, 6) is 1.13. The Morgan fingerprint density at radius 1 is 1.32 bits per heavy atom. The number of ether oxygens (including phenoxy) is 1. The Labute approximate surface area is 114 Å². The van der Waals surface area contributed by atoms with Crippen LogP contribution in [-0.4, -0.2) is 35.9 Å². The molecule has 104 valence electrons. The molecule has 1 aromatic heterocycles. The molecule has 2 rings (SSSR count). The van der Waals surface area contributed by atoms with Crippen molar-refractivity contribution in [3.63, 3.8) is 0 Å². The highest BCUT2D eigenvalue weighted by Crippen LogP contribution is 2.16. The largest absolute Gasteiger partial charge is 0.383 e. The van der Waals surface area contributed by atoms with E-state index in [-0.39, 0.29) is 0 Å². The van der Waals surface area contributed by atoms with Crippen LogP contribution in [0.15, 0.2) is 24.3 Å². The maximum Gasteiger partial charge on any atom is 0.111 e. The van der Waals surface area contributed by atoms with Gasteiger partial charge in [0.1, 0.15) is 5.82 Å². The smallest absolute Gasteiger partial charge is 0.111 e. The zero-order valence-corrected chi connectivity index (χ0v) is 12.0. The highest BCUT2D eigenvalue weighted by atomic mass is 16.5. The van der Waals surface area contributed by atoms with Crippen molar-refractivity contribution in [2.24, 2.45) is 0 Å². The normalized spacial score (nSPS) is 11.6. The summed E-state index contributed by atoms with van der Waals surface area (Å²) >= 11 is 0. The van der Waals surface area contributed by atoms with Gasteiger partial charge in [-0.25, -0.2) is 4.98 Å². The van der Waals surface area contributed by atoms with Gasteiger partial charge in [-0.15, -0.1) is 0 Å². The number of hydrogen-bond acceptors (Lipinski definition) is 3. The summed E-state index contributed by atoms with van der Waals surface area (Å²) in [5, 5.41) is 3.44. The first kappa shape index (κ1) is 14.0. The second-order valence-electron chi connectivity index (χ2n) is 5.02. The van der Waals surface area contributed by atoms with Crippen molar-refractivity contribution < 1.29 is 4.74 Å². The molecule has 0 aliphatic heterocycles. The summed E-state index contributed by atoms with van der Waals surface area (Å²) in [6.07, 6.45) is 0.941. The molecule has 0 radical (unpaired) electrons. The average Bonchev–Trinajstić information content (AvgIpc) is 2.74. The topological polar surface area (TPSA) is 39.1 Å². The molecule has 0 aliphatic carbocycles. The van der Waals surface area contributed by atoms with Crippen LogP contribution in [0.5, 0.6) is 0 Å². The third-order valence-electron chi connectivity index (χ3n) is 3.15. The minimum atomic E-state index is 0.511. The fourth-order valence-electron chi connectivity index (χ4n) is 2.22. The van der Waals surface area contributed by atoms with Gasteiger partial charge in [0.25, 0.3) is 0 Å². The van der Waals surface area contributed by atoms with Crippen molar-refractivity contribution in [2.45, 2.75) is 32.9 Å². The fraction of sp³-hybridized carbons (Fsp3) is 0.533. The van der Waals surface area contributed by atoms with Crippen LogP contribution >= 0.6 is 0 Å². The van der Waals surface area contributed by atoms with Crippen LogP contribution in [0, 0.1) is 0 Å². The SMILES string of the molecule is COCCn1c(CCNC(C)C)nc2ccccc21. The van der Waals surface area contributed by atoms with Crippen LogP contribution < -0.4 is 5.32 Å². The Balaban J connectivity index is 2.19. The standard InChI is InChI=1S/C15H23N3O/c1-12(2)16-9-8-15-17-13-6-4-5-7-14(13)18(15)10-11-19-3/h4-7,12,16H,8-11H2,1-3H3. The second kappa shape index (κ2) is 6.68. The van der Waals surface area contributed by atoms with Gasteiger partial charge in [-0.05, 0) is 12.1 Å². The van der Waals surface area contributed by atoms with Crippen LogP contribution in [0.1, 0.15) is 19.7 Å². The third kappa shape index (κ3) is 3.55. The Morgan fingerprint density at radius 2 is 2.11 bits per heavy atom. The molecule has 4 nitrogen and oxygen atoms in total. The van der Waals surface area contributed by atoms with Crippen LogP contribution in [0.4, 0.5) is 0 Å². The molecule has 0 saturated heterocycles. The van der Waals surface area contributed by atoms with Crippen molar-refractivity contribution in [1.82, 2.24) is 14.9 Å². The van der Waals surface area contributed by atoms with E-state index in [0.29, 0.717) is 12.6 Å². The molecule has 0 spiro atoms. The molecular formula is C15H23N3O. The molecule has 0 bridgehead atoms. The average molecular weight is 261 g/mol. The van der Waals surface area contributed by atoms with Gasteiger partial charge in [0.2, 0.25) is 0 Å². The summed E-state index contributed by atoms with van der Waals surface area (Å²) < 4.78 is 7.46. The van der Waals surface area contributed by atoms with Crippen molar-refractivity contribution in [3.05, 3.63) is 30.1 Å². The van der Waals surface area contributed by atoms with E-state index in [4.69, 9.17) is 9.72 Å². The van der Waals surface area contributed by atoms with Crippen molar-refractivity contribution in [2.75, 3.05) is 20.3 Å². The Bertz CT molecular complexity index is 519. The number of rotatable bonds is 7. The van der Waals surface area contributed by atoms with Crippen LogP contribution in [0.3, 0.4) is 0 Å². The number of nitrogens with zero attached hydrogens (tertiary/aromatic N) is 2. The fourth-order valence-corrected chi connectivity index (χ4v) is 2.22. The predicted octanol–water partition coefficient (Wildman–Crippen LogP) is 2.22. The monoisotopic (exact) mass is 261 g/mol.